The highest BCUT2D eigenvalue weighted by atomic mass is 35.5. The molecule has 2 aromatic heterocycles. The van der Waals surface area contributed by atoms with E-state index in [1.807, 2.05) is 36.6 Å². The van der Waals surface area contributed by atoms with Gasteiger partial charge in [-0.25, -0.2) is 15.0 Å². The molecule has 0 spiro atoms. The molecule has 33 heavy (non-hydrogen) atoms. The summed E-state index contributed by atoms with van der Waals surface area (Å²) < 4.78 is 0. The first kappa shape index (κ1) is 22.0. The Morgan fingerprint density at radius 1 is 1.18 bits per heavy atom. The van der Waals surface area contributed by atoms with Crippen molar-refractivity contribution in [2.75, 3.05) is 30.4 Å². The van der Waals surface area contributed by atoms with Crippen LogP contribution in [0.5, 0.6) is 0 Å². The zero-order valence-corrected chi connectivity index (χ0v) is 20.0. The molecular weight excluding hydrogens is 479 g/mol. The lowest BCUT2D eigenvalue weighted by Crippen LogP contribution is -2.28. The molecule has 0 aliphatic carbocycles. The summed E-state index contributed by atoms with van der Waals surface area (Å²) in [4.78, 5) is 31.5. The Morgan fingerprint density at radius 3 is 2.79 bits per heavy atom. The van der Waals surface area contributed by atoms with E-state index in [4.69, 9.17) is 28.2 Å². The van der Waals surface area contributed by atoms with Crippen molar-refractivity contribution in [3.05, 3.63) is 70.2 Å². The zero-order chi connectivity index (χ0) is 22.9. The lowest BCUT2D eigenvalue weighted by atomic mass is 10.1. The number of aromatic amines is 1. The minimum Gasteiger partial charge on any atom is -0.359 e. The number of aromatic nitrogens is 4. The molecule has 1 atom stereocenters. The number of carbonyl (C=O) groups is 1. The molecule has 1 aliphatic heterocycles. The van der Waals surface area contributed by atoms with Crippen molar-refractivity contribution in [3.8, 4) is 0 Å². The van der Waals surface area contributed by atoms with Gasteiger partial charge in [0.25, 0.3) is 5.91 Å². The largest absolute Gasteiger partial charge is 0.359 e. The van der Waals surface area contributed by atoms with Gasteiger partial charge in [0.05, 0.1) is 33.2 Å². The number of fused-ring (bicyclic) bond motifs is 2. The van der Waals surface area contributed by atoms with Gasteiger partial charge in [0.15, 0.2) is 0 Å². The number of anilines is 1. The predicted molar refractivity (Wildman–Crippen MR) is 135 cm³/mol. The van der Waals surface area contributed by atoms with Gasteiger partial charge in [-0.15, -0.1) is 0 Å². The molecule has 0 bridgehead atoms. The van der Waals surface area contributed by atoms with E-state index in [9.17, 15) is 4.79 Å². The Kier molecular flexibility index (Phi) is 6.14. The van der Waals surface area contributed by atoms with Crippen LogP contribution in [-0.4, -0.2) is 55.8 Å². The normalized spacial score (nSPS) is 14.3. The van der Waals surface area contributed by atoms with Gasteiger partial charge in [-0.1, -0.05) is 35.4 Å². The van der Waals surface area contributed by atoms with Gasteiger partial charge in [0.2, 0.25) is 0 Å². The minimum atomic E-state index is -0.139. The second-order valence-corrected chi connectivity index (χ2v) is 9.44. The van der Waals surface area contributed by atoms with Crippen LogP contribution >= 0.6 is 35.0 Å². The molecule has 0 fully saturated rings. The Labute approximate surface area is 204 Å². The molecule has 0 radical (unpaired) electrons. The molecule has 1 amide bonds. The summed E-state index contributed by atoms with van der Waals surface area (Å²) in [5, 5.41) is 5.25. The molecule has 7 nitrogen and oxygen atoms in total. The predicted octanol–water partition coefficient (Wildman–Crippen LogP) is 5.34. The minimum absolute atomic E-state index is 0.110. The number of amides is 1. The standard InChI is InChI=1S/C23H20Cl2N6OS/c1-33-11-20(22-28-17-5-4-13(24)8-19(17)29-22)30-21-15-9-16(25)14(10-18(15)26-12-27-21)23(32)31-6-2-3-7-31/h2-5,8-10,12,20H,6-7,11H2,1H3,(H,28,29)(H,26,27,30)/t20-/m0/s1. The SMILES string of the molecule is CSC[C@H](Nc1ncnc2cc(C(=O)N3CC=CC3)c(Cl)cc12)c1nc2ccc(Cl)cc2[nH]1. The Morgan fingerprint density at radius 2 is 2.00 bits per heavy atom. The molecule has 5 rings (SSSR count). The summed E-state index contributed by atoms with van der Waals surface area (Å²) in [6.07, 6.45) is 7.46. The number of nitrogens with zero attached hydrogens (tertiary/aromatic N) is 4. The molecule has 2 aromatic carbocycles. The van der Waals surface area contributed by atoms with Crippen LogP contribution in [0, 0.1) is 0 Å². The number of H-pyrrole nitrogens is 1. The topological polar surface area (TPSA) is 86.8 Å². The Hall–Kier alpha value is -2.81. The lowest BCUT2D eigenvalue weighted by Gasteiger charge is -2.19. The number of nitrogens with one attached hydrogen (secondary N) is 2. The van der Waals surface area contributed by atoms with Crippen LogP contribution < -0.4 is 5.32 Å². The fourth-order valence-electron chi connectivity index (χ4n) is 3.86. The van der Waals surface area contributed by atoms with E-state index in [-0.39, 0.29) is 11.9 Å². The van der Waals surface area contributed by atoms with Crippen LogP contribution in [0.1, 0.15) is 22.2 Å². The number of hydrogen-bond donors (Lipinski definition) is 2. The molecule has 0 unspecified atom stereocenters. The summed E-state index contributed by atoms with van der Waals surface area (Å²) in [5.74, 6) is 2.06. The highest BCUT2D eigenvalue weighted by Gasteiger charge is 2.22. The van der Waals surface area contributed by atoms with E-state index < -0.39 is 0 Å². The van der Waals surface area contributed by atoms with Crippen molar-refractivity contribution in [1.82, 2.24) is 24.8 Å². The fraction of sp³-hybridized carbons (Fsp3) is 0.217. The summed E-state index contributed by atoms with van der Waals surface area (Å²) in [5.41, 5.74) is 2.80. The van der Waals surface area contributed by atoms with Gasteiger partial charge in [0.1, 0.15) is 18.0 Å². The van der Waals surface area contributed by atoms with Crippen molar-refractivity contribution in [2.45, 2.75) is 6.04 Å². The van der Waals surface area contributed by atoms with E-state index in [2.05, 4.69) is 20.3 Å². The first-order chi connectivity index (χ1) is 16.0. The second kappa shape index (κ2) is 9.21. The van der Waals surface area contributed by atoms with Crippen molar-refractivity contribution >= 4 is 68.6 Å². The van der Waals surface area contributed by atoms with Crippen molar-refractivity contribution in [3.63, 3.8) is 0 Å². The average molecular weight is 499 g/mol. The number of thioether (sulfide) groups is 1. The second-order valence-electron chi connectivity index (χ2n) is 7.69. The highest BCUT2D eigenvalue weighted by Crippen LogP contribution is 2.31. The molecule has 2 N–H and O–H groups in total. The summed E-state index contributed by atoms with van der Waals surface area (Å²) >= 11 is 14.4. The Balaban J connectivity index is 1.49. The van der Waals surface area contributed by atoms with Gasteiger partial charge in [0, 0.05) is 29.3 Å². The smallest absolute Gasteiger partial charge is 0.256 e. The van der Waals surface area contributed by atoms with E-state index >= 15 is 0 Å². The fourth-order valence-corrected chi connectivity index (χ4v) is 4.85. The van der Waals surface area contributed by atoms with Crippen LogP contribution in [-0.2, 0) is 0 Å². The first-order valence-corrected chi connectivity index (χ1v) is 12.5. The van der Waals surface area contributed by atoms with Crippen LogP contribution in [0.4, 0.5) is 5.82 Å². The molecule has 10 heteroatoms. The number of imidazole rings is 1. The number of halogens is 2. The van der Waals surface area contributed by atoms with E-state index in [0.29, 0.717) is 40.0 Å². The molecule has 3 heterocycles. The van der Waals surface area contributed by atoms with E-state index in [0.717, 1.165) is 28.0 Å². The lowest BCUT2D eigenvalue weighted by molar-refractivity contribution is 0.0800. The zero-order valence-electron chi connectivity index (χ0n) is 17.7. The van der Waals surface area contributed by atoms with Crippen LogP contribution in [0.3, 0.4) is 0 Å². The van der Waals surface area contributed by atoms with Crippen LogP contribution in [0.2, 0.25) is 10.0 Å². The van der Waals surface area contributed by atoms with Crippen molar-refractivity contribution in [1.29, 1.82) is 0 Å². The molecule has 0 saturated carbocycles. The maximum Gasteiger partial charge on any atom is 0.256 e. The van der Waals surface area contributed by atoms with Gasteiger partial charge in [-0.3, -0.25) is 4.79 Å². The van der Waals surface area contributed by atoms with Crippen molar-refractivity contribution < 1.29 is 4.79 Å². The van der Waals surface area contributed by atoms with Gasteiger partial charge < -0.3 is 15.2 Å². The first-order valence-electron chi connectivity index (χ1n) is 10.3. The number of hydrogen-bond acceptors (Lipinski definition) is 6. The number of rotatable bonds is 6. The third kappa shape index (κ3) is 4.38. The highest BCUT2D eigenvalue weighted by molar-refractivity contribution is 7.98. The summed E-state index contributed by atoms with van der Waals surface area (Å²) in [7, 11) is 0. The number of benzene rings is 2. The molecule has 0 saturated heterocycles. The monoisotopic (exact) mass is 498 g/mol. The summed E-state index contributed by atoms with van der Waals surface area (Å²) in [6, 6.07) is 8.92. The summed E-state index contributed by atoms with van der Waals surface area (Å²) in [6.45, 7) is 1.17. The average Bonchev–Trinajstić information content (AvgIpc) is 3.48. The third-order valence-electron chi connectivity index (χ3n) is 5.50. The maximum absolute atomic E-state index is 12.9. The van der Waals surface area contributed by atoms with E-state index in [1.165, 1.54) is 6.33 Å². The van der Waals surface area contributed by atoms with E-state index in [1.54, 1.807) is 28.8 Å². The molecule has 1 aliphatic rings. The number of carbonyl (C=O) groups excluding carboxylic acids is 1. The van der Waals surface area contributed by atoms with Gasteiger partial charge >= 0.3 is 0 Å². The molecule has 168 valence electrons. The van der Waals surface area contributed by atoms with Crippen LogP contribution in [0.15, 0.2) is 48.8 Å². The van der Waals surface area contributed by atoms with Gasteiger partial charge in [-0.2, -0.15) is 11.8 Å². The van der Waals surface area contributed by atoms with Crippen molar-refractivity contribution in [2.24, 2.45) is 0 Å². The molecular formula is C23H20Cl2N6OS. The van der Waals surface area contributed by atoms with Crippen LogP contribution in [0.25, 0.3) is 21.9 Å². The molecule has 4 aromatic rings. The third-order valence-corrected chi connectivity index (χ3v) is 6.71. The van der Waals surface area contributed by atoms with Gasteiger partial charge in [-0.05, 0) is 36.6 Å². The quantitative estimate of drug-likeness (QED) is 0.348. The Bertz CT molecular complexity index is 1380. The maximum atomic E-state index is 12.9.